The fourth-order valence-electron chi connectivity index (χ4n) is 3.58. The van der Waals surface area contributed by atoms with Gasteiger partial charge in [0, 0.05) is 24.4 Å². The third-order valence-corrected chi connectivity index (χ3v) is 5.48. The van der Waals surface area contributed by atoms with E-state index in [2.05, 4.69) is 9.97 Å². The summed E-state index contributed by atoms with van der Waals surface area (Å²) in [5.74, 6) is 0.0537. The van der Waals surface area contributed by atoms with E-state index in [4.69, 9.17) is 25.4 Å². The van der Waals surface area contributed by atoms with Crippen molar-refractivity contribution >= 4 is 5.82 Å². The number of aliphatic hydroxyl groups is 5. The average Bonchev–Trinajstić information content (AvgIpc) is 3.30. The van der Waals surface area contributed by atoms with Gasteiger partial charge in [-0.25, -0.2) is 9.59 Å². The zero-order chi connectivity index (χ0) is 25.2. The Labute approximate surface area is 191 Å². The summed E-state index contributed by atoms with van der Waals surface area (Å²) in [6.45, 7) is 0.810. The molecule has 188 valence electrons. The standard InChI is InChI=1S/C10H14N2O5.C9H13N3O5/c1-5-3-12(10(16)11-9(5)15)8-2-6(14)7(4-13)17-8;10-5-1-2-12(9(16)11-5)8-7(15)6(14)4(3-13)17-8/h3,6-8,13-14H,2,4H2,1H3,(H,11,15,16);1-2,4,6-8,13-15H,3H2,(H2,10,11,16)/t6-,7+,8+;4-,6-,7-,8-/m01/s1. The molecule has 0 bridgehead atoms. The molecule has 0 radical (unpaired) electrons. The predicted molar refractivity (Wildman–Crippen MR) is 114 cm³/mol. The highest BCUT2D eigenvalue weighted by Gasteiger charge is 2.43. The van der Waals surface area contributed by atoms with Crippen molar-refractivity contribution in [1.29, 1.82) is 0 Å². The number of hydrogen-bond acceptors (Lipinski definition) is 12. The Morgan fingerprint density at radius 2 is 1.76 bits per heavy atom. The second-order valence-corrected chi connectivity index (χ2v) is 7.86. The quantitative estimate of drug-likeness (QED) is 0.219. The number of anilines is 1. The number of H-pyrrole nitrogens is 1. The van der Waals surface area contributed by atoms with Crippen LogP contribution in [0.2, 0.25) is 0 Å². The summed E-state index contributed by atoms with van der Waals surface area (Å²) in [4.78, 5) is 39.9. The molecule has 0 aliphatic carbocycles. The van der Waals surface area contributed by atoms with Crippen molar-refractivity contribution in [1.82, 2.24) is 19.1 Å². The number of aromatic amines is 1. The van der Waals surface area contributed by atoms with E-state index in [1.165, 1.54) is 23.0 Å². The van der Waals surface area contributed by atoms with Gasteiger partial charge in [0.05, 0.1) is 19.3 Å². The van der Waals surface area contributed by atoms with Crippen LogP contribution in [-0.2, 0) is 9.47 Å². The van der Waals surface area contributed by atoms with Gasteiger partial charge in [0.15, 0.2) is 6.23 Å². The van der Waals surface area contributed by atoms with Gasteiger partial charge in [-0.3, -0.25) is 18.9 Å². The first-order valence-electron chi connectivity index (χ1n) is 10.3. The van der Waals surface area contributed by atoms with Crippen LogP contribution in [0.25, 0.3) is 0 Å². The molecule has 8 N–H and O–H groups in total. The summed E-state index contributed by atoms with van der Waals surface area (Å²) in [6, 6.07) is 1.37. The maximum absolute atomic E-state index is 11.6. The molecule has 0 unspecified atom stereocenters. The molecule has 2 aliphatic rings. The Morgan fingerprint density at radius 3 is 2.32 bits per heavy atom. The van der Waals surface area contributed by atoms with Crippen LogP contribution in [-0.4, -0.2) is 88.4 Å². The van der Waals surface area contributed by atoms with Gasteiger partial charge in [-0.15, -0.1) is 0 Å². The monoisotopic (exact) mass is 485 g/mol. The molecule has 2 fully saturated rings. The molecule has 0 aromatic carbocycles. The maximum Gasteiger partial charge on any atom is 0.351 e. The largest absolute Gasteiger partial charge is 0.394 e. The number of nitrogens with one attached hydrogen (secondary N) is 1. The van der Waals surface area contributed by atoms with Crippen molar-refractivity contribution in [3.8, 4) is 0 Å². The Hall–Kier alpha value is -2.92. The van der Waals surface area contributed by atoms with Crippen LogP contribution in [0.4, 0.5) is 5.82 Å². The van der Waals surface area contributed by atoms with Crippen molar-refractivity contribution in [2.75, 3.05) is 18.9 Å². The minimum Gasteiger partial charge on any atom is -0.394 e. The number of nitrogen functional groups attached to an aromatic ring is 1. The summed E-state index contributed by atoms with van der Waals surface area (Å²) in [5, 5.41) is 46.7. The van der Waals surface area contributed by atoms with E-state index in [1.807, 2.05) is 0 Å². The molecule has 2 aliphatic heterocycles. The average molecular weight is 485 g/mol. The van der Waals surface area contributed by atoms with Gasteiger partial charge >= 0.3 is 11.4 Å². The molecule has 0 saturated carbocycles. The lowest BCUT2D eigenvalue weighted by atomic mass is 10.1. The first-order valence-corrected chi connectivity index (χ1v) is 10.3. The maximum atomic E-state index is 11.6. The lowest BCUT2D eigenvalue weighted by molar-refractivity contribution is -0.0549. The summed E-state index contributed by atoms with van der Waals surface area (Å²) in [6.07, 6.45) is -3.85. The van der Waals surface area contributed by atoms with Gasteiger partial charge in [0.25, 0.3) is 5.56 Å². The number of nitrogens with zero attached hydrogens (tertiary/aromatic N) is 3. The SMILES string of the molecule is Cc1cn([C@H]2C[C@H](O)[C@@H](CO)O2)c(=O)[nH]c1=O.Nc1ccn([C@@H]2O[C@H](CO)[C@@H](O)[C@H]2O)c(=O)n1. The third kappa shape index (κ3) is 5.25. The molecular formula is C19H27N5O10. The summed E-state index contributed by atoms with van der Waals surface area (Å²) >= 11 is 0. The normalized spacial score (nSPS) is 30.7. The van der Waals surface area contributed by atoms with Crippen LogP contribution in [0, 0.1) is 6.92 Å². The molecule has 0 spiro atoms. The third-order valence-electron chi connectivity index (χ3n) is 5.48. The van der Waals surface area contributed by atoms with E-state index >= 15 is 0 Å². The van der Waals surface area contributed by atoms with Crippen LogP contribution in [0.1, 0.15) is 24.4 Å². The number of aryl methyl sites for hydroxylation is 1. The Morgan fingerprint density at radius 1 is 1.09 bits per heavy atom. The minimum absolute atomic E-state index is 0.0537. The first-order chi connectivity index (χ1) is 16.1. The van der Waals surface area contributed by atoms with Gasteiger partial charge in [0.1, 0.15) is 36.5 Å². The van der Waals surface area contributed by atoms with Crippen LogP contribution in [0.15, 0.2) is 32.8 Å². The highest BCUT2D eigenvalue weighted by molar-refractivity contribution is 5.23. The van der Waals surface area contributed by atoms with E-state index in [0.717, 1.165) is 4.57 Å². The fraction of sp³-hybridized carbons (Fsp3) is 0.579. The molecule has 4 rings (SSSR count). The van der Waals surface area contributed by atoms with Crippen LogP contribution >= 0.6 is 0 Å². The highest BCUT2D eigenvalue weighted by Crippen LogP contribution is 2.28. The van der Waals surface area contributed by atoms with Gasteiger partial charge in [-0.05, 0) is 13.0 Å². The molecule has 2 aromatic heterocycles. The Bertz CT molecular complexity index is 1160. The van der Waals surface area contributed by atoms with E-state index in [1.54, 1.807) is 6.92 Å². The molecule has 2 saturated heterocycles. The zero-order valence-corrected chi connectivity index (χ0v) is 18.1. The van der Waals surface area contributed by atoms with Gasteiger partial charge in [-0.2, -0.15) is 4.98 Å². The fourth-order valence-corrected chi connectivity index (χ4v) is 3.58. The van der Waals surface area contributed by atoms with E-state index < -0.39 is 66.5 Å². The second kappa shape index (κ2) is 10.6. The van der Waals surface area contributed by atoms with Crippen molar-refractivity contribution in [2.24, 2.45) is 0 Å². The van der Waals surface area contributed by atoms with Crippen LogP contribution in [0.5, 0.6) is 0 Å². The molecule has 7 atom stereocenters. The van der Waals surface area contributed by atoms with Crippen molar-refractivity contribution in [3.63, 3.8) is 0 Å². The smallest absolute Gasteiger partial charge is 0.351 e. The predicted octanol–water partition coefficient (Wildman–Crippen LogP) is -4.08. The molecular weight excluding hydrogens is 458 g/mol. The Balaban J connectivity index is 0.000000191. The lowest BCUT2D eigenvalue weighted by Gasteiger charge is -2.16. The number of hydrogen-bond donors (Lipinski definition) is 7. The number of aliphatic hydroxyl groups excluding tert-OH is 5. The van der Waals surface area contributed by atoms with Gasteiger partial charge in [0.2, 0.25) is 0 Å². The van der Waals surface area contributed by atoms with Gasteiger partial charge < -0.3 is 40.7 Å². The molecule has 4 heterocycles. The zero-order valence-electron chi connectivity index (χ0n) is 18.1. The lowest BCUT2D eigenvalue weighted by Crippen LogP contribution is -2.36. The van der Waals surface area contributed by atoms with Crippen LogP contribution < -0.4 is 22.7 Å². The number of nitrogens with two attached hydrogens (primary N) is 1. The number of ether oxygens (including phenoxy) is 2. The highest BCUT2D eigenvalue weighted by atomic mass is 16.6. The van der Waals surface area contributed by atoms with Crippen molar-refractivity contribution in [3.05, 3.63) is 55.3 Å². The topological polar surface area (TPSA) is 235 Å². The molecule has 2 aromatic rings. The molecule has 0 amide bonds. The van der Waals surface area contributed by atoms with Gasteiger partial charge in [-0.1, -0.05) is 0 Å². The molecule has 15 heteroatoms. The van der Waals surface area contributed by atoms with E-state index in [0.29, 0.717) is 5.56 Å². The van der Waals surface area contributed by atoms with E-state index in [9.17, 15) is 29.7 Å². The second-order valence-electron chi connectivity index (χ2n) is 7.86. The number of aromatic nitrogens is 4. The summed E-state index contributed by atoms with van der Waals surface area (Å²) in [7, 11) is 0. The summed E-state index contributed by atoms with van der Waals surface area (Å²) in [5.41, 5.74) is 3.99. The Kier molecular flexibility index (Phi) is 7.98. The minimum atomic E-state index is -1.31. The van der Waals surface area contributed by atoms with E-state index in [-0.39, 0.29) is 18.8 Å². The first kappa shape index (κ1) is 25.7. The van der Waals surface area contributed by atoms with Crippen molar-refractivity contribution < 1.29 is 35.0 Å². The molecule has 15 nitrogen and oxygen atoms in total. The molecule has 34 heavy (non-hydrogen) atoms. The van der Waals surface area contributed by atoms with Crippen LogP contribution in [0.3, 0.4) is 0 Å². The number of rotatable bonds is 4. The summed E-state index contributed by atoms with van der Waals surface area (Å²) < 4.78 is 12.7. The van der Waals surface area contributed by atoms with Crippen molar-refractivity contribution in [2.45, 2.75) is 56.3 Å².